The van der Waals surface area contributed by atoms with Crippen molar-refractivity contribution in [2.75, 3.05) is 26.2 Å². The summed E-state index contributed by atoms with van der Waals surface area (Å²) in [5.41, 5.74) is 1.39. The van der Waals surface area contributed by atoms with E-state index in [4.69, 9.17) is 23.2 Å². The van der Waals surface area contributed by atoms with Gasteiger partial charge >= 0.3 is 0 Å². The van der Waals surface area contributed by atoms with Crippen LogP contribution >= 0.6 is 23.2 Å². The summed E-state index contributed by atoms with van der Waals surface area (Å²) in [7, 11) is 0. The van der Waals surface area contributed by atoms with Gasteiger partial charge in [0, 0.05) is 37.9 Å². The fourth-order valence-electron chi connectivity index (χ4n) is 4.75. The summed E-state index contributed by atoms with van der Waals surface area (Å²) in [5.74, 6) is 0.364. The van der Waals surface area contributed by atoms with E-state index in [1.807, 2.05) is 23.1 Å². The number of amides is 2. The van der Waals surface area contributed by atoms with Gasteiger partial charge < -0.3 is 10.2 Å². The van der Waals surface area contributed by atoms with E-state index < -0.39 is 0 Å². The first-order chi connectivity index (χ1) is 15.5. The van der Waals surface area contributed by atoms with Crippen LogP contribution in [0.25, 0.3) is 0 Å². The smallest absolute Gasteiger partial charge is 0.253 e. The molecule has 170 valence electrons. The van der Waals surface area contributed by atoms with Crippen LogP contribution in [-0.4, -0.2) is 58.8 Å². The van der Waals surface area contributed by atoms with E-state index in [2.05, 4.69) is 15.2 Å². The second-order valence-electron chi connectivity index (χ2n) is 8.49. The highest BCUT2D eigenvalue weighted by molar-refractivity contribution is 6.42. The molecule has 2 fully saturated rings. The number of nitrogens with one attached hydrogen (secondary N) is 1. The Morgan fingerprint density at radius 3 is 2.44 bits per heavy atom. The van der Waals surface area contributed by atoms with E-state index in [-0.39, 0.29) is 17.9 Å². The summed E-state index contributed by atoms with van der Waals surface area (Å²) < 4.78 is 0. The van der Waals surface area contributed by atoms with Crippen molar-refractivity contribution in [3.8, 4) is 0 Å². The number of nitrogens with zero attached hydrogens (tertiary/aromatic N) is 3. The Balaban J connectivity index is 1.39. The van der Waals surface area contributed by atoms with Gasteiger partial charge in [0.05, 0.1) is 28.3 Å². The maximum absolute atomic E-state index is 13.2. The number of hydrogen-bond donors (Lipinski definition) is 1. The second kappa shape index (κ2) is 10.6. The van der Waals surface area contributed by atoms with Crippen molar-refractivity contribution in [3.63, 3.8) is 0 Å². The first kappa shape index (κ1) is 23.0. The molecule has 32 heavy (non-hydrogen) atoms. The van der Waals surface area contributed by atoms with Crippen LogP contribution in [0.2, 0.25) is 10.0 Å². The molecule has 1 atom stereocenters. The molecular formula is C24H28Cl2N4O2. The van der Waals surface area contributed by atoms with Crippen LogP contribution < -0.4 is 5.32 Å². The van der Waals surface area contributed by atoms with Crippen LogP contribution in [0, 0.1) is 5.92 Å². The normalized spacial score (nSPS) is 18.5. The number of rotatable bonds is 6. The highest BCUT2D eigenvalue weighted by Crippen LogP contribution is 2.31. The summed E-state index contributed by atoms with van der Waals surface area (Å²) in [6.45, 7) is 2.93. The Bertz CT molecular complexity index is 942. The summed E-state index contributed by atoms with van der Waals surface area (Å²) >= 11 is 12.1. The monoisotopic (exact) mass is 474 g/mol. The van der Waals surface area contributed by atoms with E-state index in [0.717, 1.165) is 18.5 Å². The van der Waals surface area contributed by atoms with Crippen molar-refractivity contribution in [1.82, 2.24) is 20.1 Å². The van der Waals surface area contributed by atoms with Gasteiger partial charge in [0.1, 0.15) is 0 Å². The van der Waals surface area contributed by atoms with Crippen molar-refractivity contribution in [2.45, 2.75) is 38.3 Å². The molecule has 0 unspecified atom stereocenters. The average Bonchev–Trinajstić information content (AvgIpc) is 3.35. The van der Waals surface area contributed by atoms with Gasteiger partial charge in [0.15, 0.2) is 0 Å². The highest BCUT2D eigenvalue weighted by Gasteiger charge is 2.37. The molecule has 4 rings (SSSR count). The SMILES string of the molecule is O=C(NCc1ccccn1)[C@H](C1CCCC1)N1CCN(C(=O)c2ccc(Cl)c(Cl)c2)CC1. The fourth-order valence-corrected chi connectivity index (χ4v) is 5.05. The first-order valence-corrected chi connectivity index (χ1v) is 11.9. The third-order valence-electron chi connectivity index (χ3n) is 6.45. The molecule has 1 aliphatic heterocycles. The molecule has 1 aromatic carbocycles. The van der Waals surface area contributed by atoms with Gasteiger partial charge in [-0.2, -0.15) is 0 Å². The van der Waals surface area contributed by atoms with Crippen LogP contribution in [0.4, 0.5) is 0 Å². The molecule has 2 heterocycles. The summed E-state index contributed by atoms with van der Waals surface area (Å²) in [5, 5.41) is 3.91. The molecule has 0 bridgehead atoms. The van der Waals surface area contributed by atoms with E-state index in [1.165, 1.54) is 12.8 Å². The van der Waals surface area contributed by atoms with Gasteiger partial charge in [-0.3, -0.25) is 19.5 Å². The lowest BCUT2D eigenvalue weighted by atomic mass is 9.95. The van der Waals surface area contributed by atoms with Crippen LogP contribution in [0.3, 0.4) is 0 Å². The van der Waals surface area contributed by atoms with Crippen molar-refractivity contribution in [3.05, 3.63) is 63.9 Å². The summed E-state index contributed by atoms with van der Waals surface area (Å²) in [6, 6.07) is 10.5. The molecule has 1 saturated carbocycles. The molecule has 1 N–H and O–H groups in total. The van der Waals surface area contributed by atoms with Gasteiger partial charge in [-0.05, 0) is 49.1 Å². The van der Waals surface area contributed by atoms with Crippen molar-refractivity contribution in [1.29, 1.82) is 0 Å². The number of pyridine rings is 1. The predicted molar refractivity (Wildman–Crippen MR) is 126 cm³/mol. The second-order valence-corrected chi connectivity index (χ2v) is 9.30. The predicted octanol–water partition coefficient (Wildman–Crippen LogP) is 4.02. The van der Waals surface area contributed by atoms with Gasteiger partial charge in [-0.15, -0.1) is 0 Å². The highest BCUT2D eigenvalue weighted by atomic mass is 35.5. The number of hydrogen-bond acceptors (Lipinski definition) is 4. The standard InChI is InChI=1S/C24H28Cl2N4O2/c25-20-9-8-18(15-21(20)26)24(32)30-13-11-29(12-14-30)22(17-5-1-2-6-17)23(31)28-16-19-7-3-4-10-27-19/h3-4,7-10,15,17,22H,1-2,5-6,11-14,16H2,(H,28,31)/t22-/m0/s1. The van der Waals surface area contributed by atoms with Crippen molar-refractivity contribution < 1.29 is 9.59 Å². The lowest BCUT2D eigenvalue weighted by Crippen LogP contribution is -2.57. The van der Waals surface area contributed by atoms with Gasteiger partial charge in [-0.1, -0.05) is 42.1 Å². The summed E-state index contributed by atoms with van der Waals surface area (Å²) in [4.78, 5) is 34.5. The molecule has 8 heteroatoms. The Hall–Kier alpha value is -2.15. The molecular weight excluding hydrogens is 447 g/mol. The molecule has 1 saturated heterocycles. The largest absolute Gasteiger partial charge is 0.349 e. The van der Waals surface area contributed by atoms with E-state index in [0.29, 0.717) is 54.3 Å². The topological polar surface area (TPSA) is 65.5 Å². The Kier molecular flexibility index (Phi) is 7.66. The lowest BCUT2D eigenvalue weighted by Gasteiger charge is -2.40. The number of benzene rings is 1. The van der Waals surface area contributed by atoms with Crippen LogP contribution in [0.1, 0.15) is 41.7 Å². The molecule has 2 aromatic rings. The summed E-state index contributed by atoms with van der Waals surface area (Å²) in [6.07, 6.45) is 6.23. The van der Waals surface area contributed by atoms with E-state index in [9.17, 15) is 9.59 Å². The number of carbonyl (C=O) groups excluding carboxylic acids is 2. The zero-order valence-electron chi connectivity index (χ0n) is 18.0. The minimum absolute atomic E-state index is 0.0553. The number of carbonyl (C=O) groups is 2. The molecule has 6 nitrogen and oxygen atoms in total. The molecule has 0 spiro atoms. The quantitative estimate of drug-likeness (QED) is 0.686. The van der Waals surface area contributed by atoms with Gasteiger partial charge in [0.2, 0.25) is 5.91 Å². The van der Waals surface area contributed by atoms with Crippen LogP contribution in [0.15, 0.2) is 42.6 Å². The molecule has 2 aliphatic rings. The number of aromatic nitrogens is 1. The van der Waals surface area contributed by atoms with Crippen LogP contribution in [0.5, 0.6) is 0 Å². The number of piperazine rings is 1. The molecule has 1 aromatic heterocycles. The molecule has 0 radical (unpaired) electrons. The van der Waals surface area contributed by atoms with Crippen molar-refractivity contribution >= 4 is 35.0 Å². The minimum Gasteiger partial charge on any atom is -0.349 e. The third kappa shape index (κ3) is 5.42. The zero-order chi connectivity index (χ0) is 22.5. The lowest BCUT2D eigenvalue weighted by molar-refractivity contribution is -0.129. The van der Waals surface area contributed by atoms with Gasteiger partial charge in [-0.25, -0.2) is 0 Å². The molecule has 1 aliphatic carbocycles. The third-order valence-corrected chi connectivity index (χ3v) is 7.19. The number of halogens is 2. The Labute approximate surface area is 198 Å². The Morgan fingerprint density at radius 2 is 1.78 bits per heavy atom. The zero-order valence-corrected chi connectivity index (χ0v) is 19.5. The first-order valence-electron chi connectivity index (χ1n) is 11.2. The van der Waals surface area contributed by atoms with E-state index >= 15 is 0 Å². The van der Waals surface area contributed by atoms with Gasteiger partial charge in [0.25, 0.3) is 5.91 Å². The minimum atomic E-state index is -0.163. The van der Waals surface area contributed by atoms with Crippen LogP contribution in [-0.2, 0) is 11.3 Å². The average molecular weight is 475 g/mol. The van der Waals surface area contributed by atoms with E-state index in [1.54, 1.807) is 24.4 Å². The maximum Gasteiger partial charge on any atom is 0.253 e. The molecule has 2 amide bonds. The Morgan fingerprint density at radius 1 is 1.03 bits per heavy atom. The van der Waals surface area contributed by atoms with Crippen molar-refractivity contribution in [2.24, 2.45) is 5.92 Å². The maximum atomic E-state index is 13.2. The fraction of sp³-hybridized carbons (Fsp3) is 0.458.